The van der Waals surface area contributed by atoms with E-state index in [-0.39, 0.29) is 0 Å². The van der Waals surface area contributed by atoms with Gasteiger partial charge in [0.25, 0.3) is 0 Å². The SMILES string of the molecule is Cc1ccccc1CN1CCC(CN(Cc2cccnc2)Cc2nccn2C)CC1. The molecule has 3 heterocycles. The molecule has 0 bridgehead atoms. The van der Waals surface area contributed by atoms with E-state index in [1.54, 1.807) is 0 Å². The Morgan fingerprint density at radius 2 is 1.87 bits per heavy atom. The van der Waals surface area contributed by atoms with Gasteiger partial charge in [0.15, 0.2) is 0 Å². The van der Waals surface area contributed by atoms with Crippen molar-refractivity contribution in [2.45, 2.75) is 39.4 Å². The number of nitrogens with zero attached hydrogens (tertiary/aromatic N) is 5. The first-order valence-corrected chi connectivity index (χ1v) is 11.0. The van der Waals surface area contributed by atoms with Gasteiger partial charge in [-0.1, -0.05) is 30.3 Å². The minimum atomic E-state index is 0.732. The van der Waals surface area contributed by atoms with Crippen LogP contribution < -0.4 is 0 Å². The van der Waals surface area contributed by atoms with Gasteiger partial charge in [0.2, 0.25) is 0 Å². The predicted octanol–water partition coefficient (Wildman–Crippen LogP) is 4.04. The fraction of sp³-hybridized carbons (Fsp3) is 0.440. The summed E-state index contributed by atoms with van der Waals surface area (Å²) >= 11 is 0. The third-order valence-corrected chi connectivity index (χ3v) is 6.29. The number of hydrogen-bond acceptors (Lipinski definition) is 4. The minimum absolute atomic E-state index is 0.732. The first-order valence-electron chi connectivity index (χ1n) is 11.0. The Morgan fingerprint density at radius 1 is 1.03 bits per heavy atom. The molecule has 0 N–H and O–H groups in total. The van der Waals surface area contributed by atoms with Crippen molar-refractivity contribution < 1.29 is 0 Å². The summed E-state index contributed by atoms with van der Waals surface area (Å²) in [5.74, 6) is 1.85. The van der Waals surface area contributed by atoms with E-state index in [9.17, 15) is 0 Å². The Kier molecular flexibility index (Phi) is 6.92. The zero-order chi connectivity index (χ0) is 20.8. The van der Waals surface area contributed by atoms with Gasteiger partial charge < -0.3 is 4.57 Å². The third kappa shape index (κ3) is 5.55. The second-order valence-corrected chi connectivity index (χ2v) is 8.63. The standard InChI is InChI=1S/C25H33N5/c1-21-6-3-4-8-24(21)19-29-13-9-22(10-14-29)17-30(18-23-7-5-11-26-16-23)20-25-27-12-15-28(25)2/h3-8,11-12,15-16,22H,9-10,13-14,17-20H2,1-2H3. The van der Waals surface area contributed by atoms with E-state index < -0.39 is 0 Å². The number of benzene rings is 1. The number of piperidine rings is 1. The second kappa shape index (κ2) is 10.0. The largest absolute Gasteiger partial charge is 0.337 e. The average Bonchev–Trinajstić information content (AvgIpc) is 3.16. The lowest BCUT2D eigenvalue weighted by Crippen LogP contribution is -2.38. The molecule has 1 aliphatic rings. The lowest BCUT2D eigenvalue weighted by molar-refractivity contribution is 0.130. The molecule has 1 fully saturated rings. The van der Waals surface area contributed by atoms with Crippen molar-refractivity contribution in [1.82, 2.24) is 24.3 Å². The maximum absolute atomic E-state index is 4.55. The molecule has 0 saturated carbocycles. The van der Waals surface area contributed by atoms with Crippen molar-refractivity contribution in [2.75, 3.05) is 19.6 Å². The summed E-state index contributed by atoms with van der Waals surface area (Å²) in [6.45, 7) is 8.57. The Labute approximate surface area is 180 Å². The molecule has 1 saturated heterocycles. The van der Waals surface area contributed by atoms with E-state index in [0.717, 1.165) is 37.9 Å². The van der Waals surface area contributed by atoms with Crippen LogP contribution in [0.1, 0.15) is 35.4 Å². The Hall–Kier alpha value is -2.50. The molecule has 0 atom stereocenters. The molecule has 2 aromatic heterocycles. The molecule has 1 aliphatic heterocycles. The van der Waals surface area contributed by atoms with Gasteiger partial charge >= 0.3 is 0 Å². The average molecular weight is 404 g/mol. The number of aryl methyl sites for hydroxylation is 2. The molecule has 5 heteroatoms. The fourth-order valence-corrected chi connectivity index (χ4v) is 4.40. The van der Waals surface area contributed by atoms with Gasteiger partial charge in [0.1, 0.15) is 5.82 Å². The molecule has 0 spiro atoms. The van der Waals surface area contributed by atoms with Gasteiger partial charge in [-0.05, 0) is 61.5 Å². The molecule has 4 rings (SSSR count). The van der Waals surface area contributed by atoms with Crippen LogP contribution in [-0.2, 0) is 26.7 Å². The third-order valence-electron chi connectivity index (χ3n) is 6.29. The molecule has 0 unspecified atom stereocenters. The van der Waals surface area contributed by atoms with Crippen LogP contribution in [0.5, 0.6) is 0 Å². The van der Waals surface area contributed by atoms with E-state index in [1.165, 1.54) is 42.6 Å². The number of likely N-dealkylation sites (tertiary alicyclic amines) is 1. The van der Waals surface area contributed by atoms with E-state index in [1.807, 2.05) is 30.9 Å². The number of aromatic nitrogens is 3. The van der Waals surface area contributed by atoms with Crippen molar-refractivity contribution in [3.8, 4) is 0 Å². The zero-order valence-electron chi connectivity index (χ0n) is 18.2. The Bertz CT molecular complexity index is 912. The quantitative estimate of drug-likeness (QED) is 0.569. The van der Waals surface area contributed by atoms with Crippen LogP contribution in [0.2, 0.25) is 0 Å². The van der Waals surface area contributed by atoms with E-state index in [0.29, 0.717) is 0 Å². The lowest BCUT2D eigenvalue weighted by Gasteiger charge is -2.35. The summed E-state index contributed by atoms with van der Waals surface area (Å²) in [7, 11) is 2.08. The smallest absolute Gasteiger partial charge is 0.122 e. The summed E-state index contributed by atoms with van der Waals surface area (Å²) in [6, 6.07) is 13.0. The molecule has 0 aliphatic carbocycles. The van der Waals surface area contributed by atoms with Crippen LogP contribution in [0.15, 0.2) is 61.2 Å². The second-order valence-electron chi connectivity index (χ2n) is 8.63. The van der Waals surface area contributed by atoms with E-state index in [2.05, 4.69) is 68.6 Å². The molecular weight excluding hydrogens is 370 g/mol. The van der Waals surface area contributed by atoms with Crippen LogP contribution in [0.4, 0.5) is 0 Å². The highest BCUT2D eigenvalue weighted by atomic mass is 15.2. The highest BCUT2D eigenvalue weighted by Crippen LogP contribution is 2.22. The predicted molar refractivity (Wildman–Crippen MR) is 121 cm³/mol. The van der Waals surface area contributed by atoms with Crippen molar-refractivity contribution in [3.63, 3.8) is 0 Å². The van der Waals surface area contributed by atoms with Crippen LogP contribution in [0, 0.1) is 12.8 Å². The van der Waals surface area contributed by atoms with Gasteiger partial charge in [-0.2, -0.15) is 0 Å². The molecule has 0 amide bonds. The molecule has 0 radical (unpaired) electrons. The van der Waals surface area contributed by atoms with E-state index in [4.69, 9.17) is 0 Å². The van der Waals surface area contributed by atoms with Crippen LogP contribution in [0.25, 0.3) is 0 Å². The van der Waals surface area contributed by atoms with Crippen molar-refractivity contribution >= 4 is 0 Å². The number of imidazole rings is 1. The van der Waals surface area contributed by atoms with Gasteiger partial charge in [0.05, 0.1) is 6.54 Å². The number of rotatable bonds is 8. The highest BCUT2D eigenvalue weighted by Gasteiger charge is 2.22. The Morgan fingerprint density at radius 3 is 2.57 bits per heavy atom. The monoisotopic (exact) mass is 403 g/mol. The van der Waals surface area contributed by atoms with Gasteiger partial charge in [0, 0.05) is 51.5 Å². The summed E-state index contributed by atoms with van der Waals surface area (Å²) < 4.78 is 2.13. The van der Waals surface area contributed by atoms with Crippen LogP contribution in [-0.4, -0.2) is 44.0 Å². The summed E-state index contributed by atoms with van der Waals surface area (Å²) in [5, 5.41) is 0. The first-order chi connectivity index (χ1) is 14.7. The fourth-order valence-electron chi connectivity index (χ4n) is 4.40. The summed E-state index contributed by atoms with van der Waals surface area (Å²) in [4.78, 5) is 14.0. The lowest BCUT2D eigenvalue weighted by atomic mass is 9.95. The molecular formula is C25H33N5. The van der Waals surface area contributed by atoms with Gasteiger partial charge in [-0.25, -0.2) is 4.98 Å². The van der Waals surface area contributed by atoms with Crippen LogP contribution >= 0.6 is 0 Å². The maximum Gasteiger partial charge on any atom is 0.122 e. The number of pyridine rings is 1. The summed E-state index contributed by atoms with van der Waals surface area (Å²) in [5.41, 5.74) is 4.13. The Balaban J connectivity index is 1.35. The summed E-state index contributed by atoms with van der Waals surface area (Å²) in [6.07, 6.45) is 10.3. The van der Waals surface area contributed by atoms with Gasteiger partial charge in [-0.3, -0.25) is 14.8 Å². The van der Waals surface area contributed by atoms with E-state index >= 15 is 0 Å². The molecule has 1 aromatic carbocycles. The molecule has 158 valence electrons. The normalized spacial score (nSPS) is 15.7. The first kappa shape index (κ1) is 20.8. The van der Waals surface area contributed by atoms with Crippen molar-refractivity contribution in [2.24, 2.45) is 13.0 Å². The van der Waals surface area contributed by atoms with Gasteiger partial charge in [-0.15, -0.1) is 0 Å². The number of hydrogen-bond donors (Lipinski definition) is 0. The highest BCUT2D eigenvalue weighted by molar-refractivity contribution is 5.25. The maximum atomic E-state index is 4.55. The zero-order valence-corrected chi connectivity index (χ0v) is 18.2. The van der Waals surface area contributed by atoms with Crippen molar-refractivity contribution in [1.29, 1.82) is 0 Å². The molecule has 5 nitrogen and oxygen atoms in total. The molecule has 30 heavy (non-hydrogen) atoms. The topological polar surface area (TPSA) is 37.2 Å². The molecule has 3 aromatic rings. The van der Waals surface area contributed by atoms with Crippen molar-refractivity contribution in [3.05, 3.63) is 83.7 Å². The minimum Gasteiger partial charge on any atom is -0.337 e. The van der Waals surface area contributed by atoms with Crippen LogP contribution in [0.3, 0.4) is 0 Å².